The average Bonchev–Trinajstić information content (AvgIpc) is 1.72. The Labute approximate surface area is 109 Å². The van der Waals surface area contributed by atoms with Crippen LogP contribution in [0.1, 0.15) is 0 Å². The minimum Gasteiger partial charge on any atom is 0 e. The maximum absolute atomic E-state index is 3.77. The van der Waals surface area contributed by atoms with Gasteiger partial charge in [0.1, 0.15) is 0 Å². The van der Waals surface area contributed by atoms with Crippen LogP contribution in [0.15, 0.2) is 0 Å². The van der Waals surface area contributed by atoms with E-state index in [2.05, 4.69) is 48.3 Å². The minimum atomic E-state index is 0. The van der Waals surface area contributed by atoms with E-state index in [0.29, 0.717) is 0 Å². The molecule has 0 amide bonds. The zero-order chi connectivity index (χ0) is 5.41. The Morgan fingerprint density at radius 1 is 1.12 bits per heavy atom. The molecule has 0 heterocycles. The van der Waals surface area contributed by atoms with Gasteiger partial charge in [0.2, 0.25) is 0 Å². The van der Waals surface area contributed by atoms with Crippen LogP contribution in [0.4, 0.5) is 0 Å². The Bertz CT molecular complexity index is 19.9. The second kappa shape index (κ2) is 31.2. The standard InChI is InChI=1S/Cu.H2S4.S.Sn.Zn.4H/c;1-3-4-2;;;;;;;/h;1-2H;;;;;;;. The Morgan fingerprint density at radius 2 is 1.25 bits per heavy atom. The molecule has 0 nitrogen and oxygen atoms in total. The SMILES string of the molecule is SSSS.[S]=[Cu].[SnH4].[Zn]. The summed E-state index contributed by atoms with van der Waals surface area (Å²) in [5.41, 5.74) is 0. The summed E-state index contributed by atoms with van der Waals surface area (Å²) in [6.45, 7) is 0. The van der Waals surface area contributed by atoms with Crippen molar-refractivity contribution in [3.63, 3.8) is 0 Å². The van der Waals surface area contributed by atoms with Gasteiger partial charge in [-0.1, -0.05) is 23.3 Å². The summed E-state index contributed by atoms with van der Waals surface area (Å²) in [5, 5.41) is 0. The Kier molecular flexibility index (Phi) is 88.0. The molecule has 0 aromatic carbocycles. The molecular weight excluding hydrogens is 408 g/mol. The second-order valence-corrected chi connectivity index (χ2v) is 4.02. The van der Waals surface area contributed by atoms with Gasteiger partial charge in [0.25, 0.3) is 0 Å². The zero-order valence-corrected chi connectivity index (χ0v) is 11.3. The molecule has 0 radical (unpaired) electrons. The molecule has 8 heteroatoms. The summed E-state index contributed by atoms with van der Waals surface area (Å²) < 4.78 is 0. The molecule has 0 aliphatic heterocycles. The molecule has 0 aliphatic rings. The fourth-order valence-electron chi connectivity index (χ4n) is 0. The first-order valence-corrected chi connectivity index (χ1v) is 6.31. The van der Waals surface area contributed by atoms with Gasteiger partial charge < -0.3 is 0 Å². The van der Waals surface area contributed by atoms with Gasteiger partial charge in [0.15, 0.2) is 0 Å². The van der Waals surface area contributed by atoms with Gasteiger partial charge in [0, 0.05) is 19.5 Å². The topological polar surface area (TPSA) is 0 Å². The summed E-state index contributed by atoms with van der Waals surface area (Å²) in [7, 11) is 6.31. The summed E-state index contributed by atoms with van der Waals surface area (Å²) >= 11 is 11.2. The quantitative estimate of drug-likeness (QED) is 0.377. The third-order valence-electron chi connectivity index (χ3n) is 0.0333. The van der Waals surface area contributed by atoms with Crippen LogP contribution in [0.3, 0.4) is 0 Å². The monoisotopic (exact) mass is 413 g/mol. The molecule has 0 aromatic heterocycles. The molecule has 53 valence electrons. The van der Waals surface area contributed by atoms with E-state index in [-0.39, 0.29) is 43.4 Å². The van der Waals surface area contributed by atoms with Crippen molar-refractivity contribution in [2.24, 2.45) is 0 Å². The molecule has 8 heavy (non-hydrogen) atoms. The minimum absolute atomic E-state index is 0. The first kappa shape index (κ1) is 22.6. The predicted molar refractivity (Wildman–Crippen MR) is 52.1 cm³/mol. The van der Waals surface area contributed by atoms with Crippen LogP contribution in [0, 0.1) is 0 Å². The molecule has 0 spiro atoms. The molecule has 0 aromatic rings. The maximum atomic E-state index is 3.77. The van der Waals surface area contributed by atoms with Crippen LogP contribution < -0.4 is 0 Å². The molecule has 0 aliphatic carbocycles. The van der Waals surface area contributed by atoms with Crippen LogP contribution >= 0.6 is 53.5 Å². The van der Waals surface area contributed by atoms with Gasteiger partial charge in [-0.3, -0.25) is 0 Å². The van der Waals surface area contributed by atoms with Crippen LogP contribution in [0.25, 0.3) is 0 Å². The van der Waals surface area contributed by atoms with Gasteiger partial charge in [-0.15, -0.1) is 0 Å². The Hall–Kier alpha value is 3.56. The van der Waals surface area contributed by atoms with E-state index in [9.17, 15) is 0 Å². The maximum Gasteiger partial charge on any atom is 0 e. The van der Waals surface area contributed by atoms with Crippen molar-refractivity contribution < 1.29 is 33.9 Å². The molecule has 0 bridgehead atoms. The molecular formula is H6CuS5SnZn. The van der Waals surface area contributed by atoms with E-state index < -0.39 is 0 Å². The Balaban J connectivity index is -0.0000000183. The summed E-state index contributed by atoms with van der Waals surface area (Å²) in [6, 6.07) is 0. The number of rotatable bonds is 1. The summed E-state index contributed by atoms with van der Waals surface area (Å²) in [4.78, 5) is 0. The van der Waals surface area contributed by atoms with Gasteiger partial charge in [-0.2, -0.15) is 0 Å². The first-order chi connectivity index (χ1) is 2.91. The van der Waals surface area contributed by atoms with E-state index in [4.69, 9.17) is 0 Å². The van der Waals surface area contributed by atoms with E-state index in [0.717, 1.165) is 0 Å². The van der Waals surface area contributed by atoms with E-state index in [1.54, 1.807) is 0 Å². The first-order valence-electron chi connectivity index (χ1n) is 0.655. The summed E-state index contributed by atoms with van der Waals surface area (Å²) in [5.74, 6) is 0. The number of hydrogen-bond donors (Lipinski definition) is 2. The van der Waals surface area contributed by atoms with E-state index >= 15 is 0 Å². The average molecular weight is 414 g/mol. The van der Waals surface area contributed by atoms with Crippen LogP contribution in [-0.2, 0) is 33.9 Å². The van der Waals surface area contributed by atoms with Crippen LogP contribution in [0.5, 0.6) is 0 Å². The predicted octanol–water partition coefficient (Wildman–Crippen LogP) is 1.25. The molecule has 0 fully saturated rings. The van der Waals surface area contributed by atoms with Crippen LogP contribution in [-0.4, -0.2) is 23.9 Å². The van der Waals surface area contributed by atoms with Crippen molar-refractivity contribution in [3.8, 4) is 0 Å². The van der Waals surface area contributed by atoms with Gasteiger partial charge >= 0.3 is 48.8 Å². The molecule has 0 N–H and O–H groups in total. The third-order valence-corrected chi connectivity index (χ3v) is 2.70. The fourth-order valence-corrected chi connectivity index (χ4v) is 0. The third kappa shape index (κ3) is 33.7. The van der Waals surface area contributed by atoms with Crippen molar-refractivity contribution in [1.29, 1.82) is 0 Å². The van der Waals surface area contributed by atoms with Gasteiger partial charge in [-0.25, -0.2) is 0 Å². The fraction of sp³-hybridized carbons (Fsp3) is 0. The van der Waals surface area contributed by atoms with E-state index in [1.807, 2.05) is 0 Å². The zero-order valence-electron chi connectivity index (χ0n) is 3.13. The normalized spacial score (nSPS) is 4.50. The van der Waals surface area contributed by atoms with Crippen molar-refractivity contribution in [2.45, 2.75) is 0 Å². The van der Waals surface area contributed by atoms with Crippen LogP contribution in [0.2, 0.25) is 0 Å². The largest absolute Gasteiger partial charge is 0 e. The summed E-state index contributed by atoms with van der Waals surface area (Å²) in [6.07, 6.45) is 0. The molecule has 0 saturated heterocycles. The van der Waals surface area contributed by atoms with Gasteiger partial charge in [0.05, 0.1) is 0 Å². The molecule has 0 saturated carbocycles. The smallest absolute Gasteiger partial charge is 0 e. The Morgan fingerprint density at radius 3 is 1.25 bits per heavy atom. The van der Waals surface area contributed by atoms with Gasteiger partial charge in [-0.05, 0) is 19.7 Å². The van der Waals surface area contributed by atoms with Crippen molar-refractivity contribution in [3.05, 3.63) is 0 Å². The number of hydrogen-bond acceptors (Lipinski definition) is 5. The van der Waals surface area contributed by atoms with Crippen molar-refractivity contribution in [2.75, 3.05) is 0 Å². The molecule has 0 unspecified atom stereocenters. The molecule has 0 atom stereocenters. The second-order valence-electron chi connectivity index (χ2n) is 0.149. The molecule has 0 rings (SSSR count). The van der Waals surface area contributed by atoms with Crippen molar-refractivity contribution >= 4 is 77.4 Å². The number of thiol groups is 2. The van der Waals surface area contributed by atoms with Crippen molar-refractivity contribution in [1.82, 2.24) is 0 Å². The van der Waals surface area contributed by atoms with E-state index in [1.165, 1.54) is 19.7 Å².